The molecule has 98 valence electrons. The highest BCUT2D eigenvalue weighted by Gasteiger charge is 2.25. The van der Waals surface area contributed by atoms with Crippen LogP contribution in [0.1, 0.15) is 6.92 Å². The minimum absolute atomic E-state index is 0.175. The monoisotopic (exact) mass is 305 g/mol. The van der Waals surface area contributed by atoms with E-state index in [4.69, 9.17) is 11.6 Å². The van der Waals surface area contributed by atoms with Gasteiger partial charge in [0, 0.05) is 19.0 Å². The lowest BCUT2D eigenvalue weighted by Gasteiger charge is -2.18. The van der Waals surface area contributed by atoms with E-state index in [-0.39, 0.29) is 16.8 Å². The molecule has 0 saturated carbocycles. The smallest absolute Gasteiger partial charge is 0.207 e. The number of benzene rings is 1. The molecule has 0 bridgehead atoms. The molecular weight excluding hydrogens is 294 g/mol. The fraction of sp³-hybridized carbons (Fsp3) is 0.400. The molecule has 1 aromatic heterocycles. The molecule has 2 aromatic rings. The minimum atomic E-state index is -3.58. The summed E-state index contributed by atoms with van der Waals surface area (Å²) in [4.78, 5) is 0.175. The summed E-state index contributed by atoms with van der Waals surface area (Å²) in [5.41, 5.74) is 1.00. The van der Waals surface area contributed by atoms with Crippen LogP contribution in [0.25, 0.3) is 11.0 Å². The summed E-state index contributed by atoms with van der Waals surface area (Å²) in [6.45, 7) is 2.00. The van der Waals surface area contributed by atoms with E-state index in [1.54, 1.807) is 19.1 Å². The van der Waals surface area contributed by atoms with Crippen LogP contribution in [0.15, 0.2) is 23.1 Å². The highest BCUT2D eigenvalue weighted by atomic mass is 35.5. The SMILES string of the molecule is CC(Cl)CN(C)S(=O)(=O)c1cccc2nsnc12. The van der Waals surface area contributed by atoms with Gasteiger partial charge in [-0.25, -0.2) is 8.42 Å². The third-order valence-electron chi connectivity index (χ3n) is 2.45. The molecule has 1 unspecified atom stereocenters. The Morgan fingerprint density at radius 3 is 2.83 bits per heavy atom. The summed E-state index contributed by atoms with van der Waals surface area (Å²) >= 11 is 6.83. The van der Waals surface area contributed by atoms with Crippen LogP contribution in [0.5, 0.6) is 0 Å². The van der Waals surface area contributed by atoms with E-state index in [1.165, 1.54) is 17.4 Å². The van der Waals surface area contributed by atoms with Gasteiger partial charge in [-0.05, 0) is 19.1 Å². The van der Waals surface area contributed by atoms with E-state index in [0.717, 1.165) is 11.7 Å². The third kappa shape index (κ3) is 2.49. The predicted molar refractivity (Wildman–Crippen MR) is 72.5 cm³/mol. The first-order chi connectivity index (χ1) is 8.43. The number of sulfonamides is 1. The van der Waals surface area contributed by atoms with Gasteiger partial charge in [-0.1, -0.05) is 6.07 Å². The number of hydrogen-bond donors (Lipinski definition) is 0. The van der Waals surface area contributed by atoms with Crippen LogP contribution >= 0.6 is 23.3 Å². The topological polar surface area (TPSA) is 63.2 Å². The van der Waals surface area contributed by atoms with Crippen molar-refractivity contribution in [2.75, 3.05) is 13.6 Å². The molecule has 0 fully saturated rings. The van der Waals surface area contributed by atoms with Crippen molar-refractivity contribution in [3.63, 3.8) is 0 Å². The summed E-state index contributed by atoms with van der Waals surface area (Å²) in [5, 5.41) is -0.252. The number of nitrogens with zero attached hydrogens (tertiary/aromatic N) is 3. The van der Waals surface area contributed by atoms with Crippen molar-refractivity contribution in [2.45, 2.75) is 17.2 Å². The lowest BCUT2D eigenvalue weighted by atomic mass is 10.3. The molecule has 1 atom stereocenters. The summed E-state index contributed by atoms with van der Waals surface area (Å²) in [5.74, 6) is 0. The molecular formula is C10H12ClN3O2S2. The number of fused-ring (bicyclic) bond motifs is 1. The maximum absolute atomic E-state index is 12.4. The Kier molecular flexibility index (Phi) is 3.86. The standard InChI is InChI=1S/C10H12ClN3O2S2/c1-7(11)6-14(2)18(15,16)9-5-3-4-8-10(9)13-17-12-8/h3-5,7H,6H2,1-2H3. The first-order valence-corrected chi connectivity index (χ1v) is 7.85. The molecule has 1 heterocycles. The number of alkyl halides is 1. The summed E-state index contributed by atoms with van der Waals surface area (Å²) in [7, 11) is -2.07. The van der Waals surface area contributed by atoms with E-state index >= 15 is 0 Å². The second-order valence-corrected chi connectivity index (χ2v) is 7.24. The number of aromatic nitrogens is 2. The Balaban J connectivity index is 2.50. The van der Waals surface area contributed by atoms with Gasteiger partial charge in [0.05, 0.1) is 11.7 Å². The van der Waals surface area contributed by atoms with E-state index in [9.17, 15) is 8.42 Å². The van der Waals surface area contributed by atoms with Crippen LogP contribution in [0.3, 0.4) is 0 Å². The third-order valence-corrected chi connectivity index (χ3v) is 4.98. The van der Waals surface area contributed by atoms with Gasteiger partial charge >= 0.3 is 0 Å². The van der Waals surface area contributed by atoms with Gasteiger partial charge in [0.1, 0.15) is 15.9 Å². The van der Waals surface area contributed by atoms with Gasteiger partial charge in [0.15, 0.2) is 0 Å². The Hall–Kier alpha value is -0.760. The number of halogens is 1. The Morgan fingerprint density at radius 2 is 2.17 bits per heavy atom. The molecule has 0 amide bonds. The van der Waals surface area contributed by atoms with E-state index in [2.05, 4.69) is 8.75 Å². The van der Waals surface area contributed by atoms with Crippen molar-refractivity contribution >= 4 is 44.4 Å². The largest absolute Gasteiger partial charge is 0.245 e. The minimum Gasteiger partial charge on any atom is -0.207 e. The first-order valence-electron chi connectivity index (χ1n) is 5.24. The predicted octanol–water partition coefficient (Wildman–Crippen LogP) is 1.94. The fourth-order valence-electron chi connectivity index (χ4n) is 1.61. The van der Waals surface area contributed by atoms with Crippen LogP contribution in [0.2, 0.25) is 0 Å². The van der Waals surface area contributed by atoms with Crippen molar-refractivity contribution in [3.8, 4) is 0 Å². The van der Waals surface area contributed by atoms with Crippen LogP contribution in [0.4, 0.5) is 0 Å². The van der Waals surface area contributed by atoms with Crippen molar-refractivity contribution in [1.29, 1.82) is 0 Å². The second kappa shape index (κ2) is 5.08. The Bertz CT molecular complexity index is 654. The average Bonchev–Trinajstić information content (AvgIpc) is 2.75. The van der Waals surface area contributed by atoms with Crippen LogP contribution < -0.4 is 0 Å². The maximum atomic E-state index is 12.4. The lowest BCUT2D eigenvalue weighted by Crippen LogP contribution is -2.31. The normalized spacial score (nSPS) is 14.2. The summed E-state index contributed by atoms with van der Waals surface area (Å²) in [6, 6.07) is 4.94. The second-order valence-electron chi connectivity index (χ2n) is 3.95. The van der Waals surface area contributed by atoms with Crippen molar-refractivity contribution in [1.82, 2.24) is 13.1 Å². The molecule has 18 heavy (non-hydrogen) atoms. The van der Waals surface area contributed by atoms with Gasteiger partial charge in [-0.2, -0.15) is 13.1 Å². The maximum Gasteiger partial charge on any atom is 0.245 e. The zero-order valence-corrected chi connectivity index (χ0v) is 12.3. The Morgan fingerprint density at radius 1 is 1.44 bits per heavy atom. The average molecular weight is 306 g/mol. The molecule has 0 aliphatic heterocycles. The van der Waals surface area contributed by atoms with Crippen molar-refractivity contribution in [2.24, 2.45) is 0 Å². The number of hydrogen-bond acceptors (Lipinski definition) is 5. The van der Waals surface area contributed by atoms with Crippen LogP contribution in [-0.2, 0) is 10.0 Å². The first kappa shape index (κ1) is 13.7. The zero-order chi connectivity index (χ0) is 13.3. The lowest BCUT2D eigenvalue weighted by molar-refractivity contribution is 0.471. The van der Waals surface area contributed by atoms with Gasteiger partial charge in [-0.15, -0.1) is 11.6 Å². The van der Waals surface area contributed by atoms with Crippen molar-refractivity contribution in [3.05, 3.63) is 18.2 Å². The van der Waals surface area contributed by atoms with E-state index in [0.29, 0.717) is 11.0 Å². The molecule has 0 aliphatic carbocycles. The van der Waals surface area contributed by atoms with E-state index in [1.807, 2.05) is 0 Å². The molecule has 0 saturated heterocycles. The Labute approximate surface area is 115 Å². The zero-order valence-electron chi connectivity index (χ0n) is 9.87. The van der Waals surface area contributed by atoms with E-state index < -0.39 is 10.0 Å². The fourth-order valence-corrected chi connectivity index (χ4v) is 3.91. The van der Waals surface area contributed by atoms with Gasteiger partial charge in [0.25, 0.3) is 0 Å². The summed E-state index contributed by atoms with van der Waals surface area (Å²) in [6.07, 6.45) is 0. The molecule has 0 N–H and O–H groups in total. The highest BCUT2D eigenvalue weighted by molar-refractivity contribution is 7.89. The quantitative estimate of drug-likeness (QED) is 0.810. The number of rotatable bonds is 4. The van der Waals surface area contributed by atoms with Gasteiger partial charge in [-0.3, -0.25) is 0 Å². The molecule has 0 radical (unpaired) electrons. The molecule has 8 heteroatoms. The molecule has 0 spiro atoms. The molecule has 0 aliphatic rings. The van der Waals surface area contributed by atoms with Crippen molar-refractivity contribution < 1.29 is 8.42 Å². The van der Waals surface area contributed by atoms with Gasteiger partial charge < -0.3 is 0 Å². The van der Waals surface area contributed by atoms with Gasteiger partial charge in [0.2, 0.25) is 10.0 Å². The van der Waals surface area contributed by atoms with Crippen LogP contribution in [0, 0.1) is 0 Å². The molecule has 5 nitrogen and oxygen atoms in total. The van der Waals surface area contributed by atoms with Crippen LogP contribution in [-0.4, -0.2) is 40.4 Å². The highest BCUT2D eigenvalue weighted by Crippen LogP contribution is 2.23. The molecule has 1 aromatic carbocycles. The summed E-state index contributed by atoms with van der Waals surface area (Å²) < 4.78 is 34.1. The molecule has 2 rings (SSSR count).